The second-order valence-corrected chi connectivity index (χ2v) is 11.5. The average Bonchev–Trinajstić information content (AvgIpc) is 2.64. The van der Waals surface area contributed by atoms with Gasteiger partial charge in [-0.3, -0.25) is 0 Å². The third-order valence-electron chi connectivity index (χ3n) is 6.44. The van der Waals surface area contributed by atoms with Crippen molar-refractivity contribution in [2.45, 2.75) is 58.4 Å². The molecule has 0 saturated carbocycles. The van der Waals surface area contributed by atoms with Crippen LogP contribution >= 0.6 is 11.6 Å². The first-order valence-electron chi connectivity index (χ1n) is 11.2. The molecule has 3 N–H and O–H groups in total. The number of quaternary nitrogens is 2. The van der Waals surface area contributed by atoms with Crippen molar-refractivity contribution in [2.75, 3.05) is 33.2 Å². The highest BCUT2D eigenvalue weighted by molar-refractivity contribution is 6.30. The van der Waals surface area contributed by atoms with Gasteiger partial charge < -0.3 is 14.9 Å². The minimum absolute atomic E-state index is 0.133. The number of benzene rings is 2. The summed E-state index contributed by atoms with van der Waals surface area (Å²) < 4.78 is 0. The van der Waals surface area contributed by atoms with Gasteiger partial charge in [-0.1, -0.05) is 65.3 Å². The van der Waals surface area contributed by atoms with Gasteiger partial charge in [-0.25, -0.2) is 0 Å². The maximum atomic E-state index is 11.2. The summed E-state index contributed by atoms with van der Waals surface area (Å²) in [7, 11) is 2.28. The molecule has 2 aromatic rings. The molecule has 0 unspecified atom stereocenters. The van der Waals surface area contributed by atoms with E-state index in [1.807, 2.05) is 12.1 Å². The highest BCUT2D eigenvalue weighted by atomic mass is 35.5. The summed E-state index contributed by atoms with van der Waals surface area (Å²) in [6, 6.07) is 13.1. The Balaban J connectivity index is 2.20. The maximum absolute atomic E-state index is 11.2. The molecule has 3 nitrogen and oxygen atoms in total. The molecular formula is C26H39ClN2O+2. The zero-order valence-corrected chi connectivity index (χ0v) is 20.5. The second kappa shape index (κ2) is 8.53. The summed E-state index contributed by atoms with van der Waals surface area (Å²) in [5.41, 5.74) is 4.38. The lowest BCUT2D eigenvalue weighted by Crippen LogP contribution is -3.27. The Kier molecular flexibility index (Phi) is 6.57. The lowest BCUT2D eigenvalue weighted by atomic mass is 9.77. The third-order valence-corrected chi connectivity index (χ3v) is 6.69. The lowest BCUT2D eigenvalue weighted by molar-refractivity contribution is -1.02. The van der Waals surface area contributed by atoms with Crippen molar-refractivity contribution in [1.82, 2.24) is 0 Å². The molecule has 0 bridgehead atoms. The van der Waals surface area contributed by atoms with E-state index >= 15 is 0 Å². The van der Waals surface area contributed by atoms with Crippen LogP contribution in [-0.2, 0) is 10.8 Å². The number of halogens is 1. The molecule has 1 heterocycles. The zero-order chi connectivity index (χ0) is 22.3. The van der Waals surface area contributed by atoms with E-state index in [0.717, 1.165) is 29.2 Å². The van der Waals surface area contributed by atoms with Gasteiger partial charge in [0.1, 0.15) is 38.0 Å². The highest BCUT2D eigenvalue weighted by Crippen LogP contribution is 2.41. The van der Waals surface area contributed by atoms with E-state index in [-0.39, 0.29) is 16.9 Å². The molecule has 1 saturated heterocycles. The van der Waals surface area contributed by atoms with Crippen LogP contribution in [0.25, 0.3) is 0 Å². The zero-order valence-electron chi connectivity index (χ0n) is 19.7. The second-order valence-electron chi connectivity index (χ2n) is 11.1. The van der Waals surface area contributed by atoms with Crippen molar-refractivity contribution >= 4 is 11.6 Å². The van der Waals surface area contributed by atoms with Crippen molar-refractivity contribution in [3.05, 3.63) is 63.7 Å². The van der Waals surface area contributed by atoms with Crippen LogP contribution in [0.4, 0.5) is 0 Å². The summed E-state index contributed by atoms with van der Waals surface area (Å²) in [5.74, 6) is 0.450. The van der Waals surface area contributed by atoms with Gasteiger partial charge in [-0.2, -0.15) is 0 Å². The van der Waals surface area contributed by atoms with E-state index in [9.17, 15) is 5.11 Å². The van der Waals surface area contributed by atoms with Gasteiger partial charge in [0.25, 0.3) is 0 Å². The first-order chi connectivity index (χ1) is 13.9. The average molecular weight is 431 g/mol. The number of phenols is 1. The van der Waals surface area contributed by atoms with E-state index in [0.29, 0.717) is 5.75 Å². The SMILES string of the molecule is C[NH+]1CC[NH+]([C@@H](c2ccc(Cl)cc2)c2cc(C(C)(C)C)c(O)c(C(C)(C)C)c2)CC1. The molecule has 164 valence electrons. The predicted octanol–water partition coefficient (Wildman–Crippen LogP) is 3.14. The van der Waals surface area contributed by atoms with E-state index in [2.05, 4.69) is 72.9 Å². The van der Waals surface area contributed by atoms with Crippen molar-refractivity contribution in [2.24, 2.45) is 0 Å². The summed E-state index contributed by atoms with van der Waals surface area (Å²) >= 11 is 6.21. The van der Waals surface area contributed by atoms with Crippen LogP contribution < -0.4 is 9.80 Å². The third kappa shape index (κ3) is 5.01. The Bertz CT molecular complexity index is 834. The fourth-order valence-corrected chi connectivity index (χ4v) is 4.70. The number of phenolic OH excluding ortho intramolecular Hbond substituents is 1. The molecule has 4 heteroatoms. The molecule has 1 aliphatic rings. The molecule has 1 atom stereocenters. The minimum Gasteiger partial charge on any atom is -0.507 e. The molecule has 1 fully saturated rings. The largest absolute Gasteiger partial charge is 0.507 e. The molecule has 2 aromatic carbocycles. The van der Waals surface area contributed by atoms with Crippen LogP contribution in [0.3, 0.4) is 0 Å². The van der Waals surface area contributed by atoms with Crippen LogP contribution in [-0.4, -0.2) is 38.3 Å². The number of aromatic hydroxyl groups is 1. The van der Waals surface area contributed by atoms with Gasteiger partial charge in [-0.15, -0.1) is 0 Å². The number of hydrogen-bond acceptors (Lipinski definition) is 1. The molecule has 30 heavy (non-hydrogen) atoms. The molecule has 0 aliphatic carbocycles. The normalized spacial score (nSPS) is 21.5. The molecular weight excluding hydrogens is 392 g/mol. The van der Waals surface area contributed by atoms with Crippen molar-refractivity contribution in [3.63, 3.8) is 0 Å². The maximum Gasteiger partial charge on any atom is 0.139 e. The van der Waals surface area contributed by atoms with Gasteiger partial charge in [0.15, 0.2) is 0 Å². The fourth-order valence-electron chi connectivity index (χ4n) is 4.57. The molecule has 3 rings (SSSR count). The topological polar surface area (TPSA) is 29.1 Å². The van der Waals surface area contributed by atoms with Crippen LogP contribution in [0.1, 0.15) is 69.8 Å². The lowest BCUT2D eigenvalue weighted by Gasteiger charge is -2.35. The highest BCUT2D eigenvalue weighted by Gasteiger charge is 2.34. The molecule has 0 amide bonds. The van der Waals surface area contributed by atoms with Crippen LogP contribution in [0, 0.1) is 0 Å². The molecule has 1 aliphatic heterocycles. The predicted molar refractivity (Wildman–Crippen MR) is 126 cm³/mol. The Hall–Kier alpha value is -1.55. The van der Waals surface area contributed by atoms with Gasteiger partial charge in [0.2, 0.25) is 0 Å². The minimum atomic E-state index is -0.133. The van der Waals surface area contributed by atoms with E-state index < -0.39 is 0 Å². The first-order valence-corrected chi connectivity index (χ1v) is 11.5. The number of nitrogens with one attached hydrogen (secondary N) is 2. The first kappa shape index (κ1) is 23.1. The summed E-state index contributed by atoms with van der Waals surface area (Å²) in [6.45, 7) is 17.7. The Labute approximate surface area is 187 Å². The Morgan fingerprint density at radius 2 is 1.27 bits per heavy atom. The van der Waals surface area contributed by atoms with Crippen LogP contribution in [0.15, 0.2) is 36.4 Å². The quantitative estimate of drug-likeness (QED) is 0.686. The monoisotopic (exact) mass is 430 g/mol. The number of likely N-dealkylation sites (N-methyl/N-ethyl adjacent to an activating group) is 1. The summed E-state index contributed by atoms with van der Waals surface area (Å²) in [5, 5.41) is 12.0. The van der Waals surface area contributed by atoms with Crippen molar-refractivity contribution < 1.29 is 14.9 Å². The van der Waals surface area contributed by atoms with Gasteiger partial charge in [0, 0.05) is 27.3 Å². The summed E-state index contributed by atoms with van der Waals surface area (Å²) in [4.78, 5) is 3.19. The number of hydrogen-bond donors (Lipinski definition) is 3. The van der Waals surface area contributed by atoms with Crippen molar-refractivity contribution in [1.29, 1.82) is 0 Å². The molecule has 0 radical (unpaired) electrons. The van der Waals surface area contributed by atoms with E-state index in [1.54, 1.807) is 9.80 Å². The van der Waals surface area contributed by atoms with E-state index in [1.165, 1.54) is 24.2 Å². The fraction of sp³-hybridized carbons (Fsp3) is 0.538. The number of piperazine rings is 1. The Morgan fingerprint density at radius 1 is 0.800 bits per heavy atom. The summed E-state index contributed by atoms with van der Waals surface area (Å²) in [6.07, 6.45) is 0. The van der Waals surface area contributed by atoms with Crippen molar-refractivity contribution in [3.8, 4) is 5.75 Å². The van der Waals surface area contributed by atoms with Crippen LogP contribution in [0.2, 0.25) is 5.02 Å². The van der Waals surface area contributed by atoms with Gasteiger partial charge in [0.05, 0.1) is 7.05 Å². The van der Waals surface area contributed by atoms with E-state index in [4.69, 9.17) is 11.6 Å². The molecule has 0 spiro atoms. The Morgan fingerprint density at radius 3 is 1.70 bits per heavy atom. The van der Waals surface area contributed by atoms with Crippen LogP contribution in [0.5, 0.6) is 5.75 Å². The van der Waals surface area contributed by atoms with Gasteiger partial charge >= 0.3 is 0 Å². The standard InChI is InChI=1S/C26H37ClN2O/c1-25(2,3)21-16-19(17-22(24(21)30)26(4,5)6)23(18-8-10-20(27)11-9-18)29-14-12-28(7)13-15-29/h8-11,16-17,23,30H,12-15H2,1-7H3/p+2/t23-/m0/s1. The molecule has 0 aromatic heterocycles. The van der Waals surface area contributed by atoms with Gasteiger partial charge in [-0.05, 0) is 35.1 Å². The smallest absolute Gasteiger partial charge is 0.139 e. The number of rotatable bonds is 3.